The number of amides is 2. The molecule has 37 heavy (non-hydrogen) atoms. The number of unbranched alkanes of at least 4 members (excludes halogenated alkanes) is 15. The van der Waals surface area contributed by atoms with Crippen LogP contribution in [0.5, 0.6) is 5.75 Å². The van der Waals surface area contributed by atoms with Crippen molar-refractivity contribution in [2.45, 2.75) is 110 Å². The van der Waals surface area contributed by atoms with Gasteiger partial charge in [-0.05, 0) is 41.8 Å². The molecule has 204 valence electrons. The molecule has 0 aliphatic heterocycles. The minimum absolute atomic E-state index is 0.221. The third-order valence-electron chi connectivity index (χ3n) is 6.87. The zero-order valence-corrected chi connectivity index (χ0v) is 22.9. The Kier molecular flexibility index (Phi) is 15.9. The fourth-order valence-electron chi connectivity index (χ4n) is 4.54. The van der Waals surface area contributed by atoms with Crippen LogP contribution in [0, 0.1) is 0 Å². The van der Waals surface area contributed by atoms with E-state index in [1.54, 1.807) is 24.3 Å². The number of benzene rings is 2. The van der Waals surface area contributed by atoms with Gasteiger partial charge in [-0.3, -0.25) is 9.59 Å². The number of phenolic OH excluding ortho intramolecular Hbond substituents is 1. The van der Waals surface area contributed by atoms with Crippen molar-refractivity contribution in [3.05, 3.63) is 48.5 Å². The van der Waals surface area contributed by atoms with Crippen LogP contribution in [0.1, 0.15) is 110 Å². The molecule has 0 aliphatic rings. The molecular weight excluding hydrogens is 460 g/mol. The maximum absolute atomic E-state index is 12.2. The SMILES string of the molecule is CCCCCCCCCCCCCCCCCCNC(=O)C(=O)Nc1ccc(-c2ccc(O)cc2)cc1. The highest BCUT2D eigenvalue weighted by atomic mass is 16.3. The molecule has 0 bridgehead atoms. The van der Waals surface area contributed by atoms with E-state index in [0.29, 0.717) is 12.2 Å². The van der Waals surface area contributed by atoms with Crippen LogP contribution < -0.4 is 10.6 Å². The van der Waals surface area contributed by atoms with Crippen molar-refractivity contribution in [1.29, 1.82) is 0 Å². The molecule has 2 aromatic rings. The minimum Gasteiger partial charge on any atom is -0.508 e. The van der Waals surface area contributed by atoms with Crippen molar-refractivity contribution in [2.24, 2.45) is 0 Å². The Labute approximate surface area is 224 Å². The fraction of sp³-hybridized carbons (Fsp3) is 0.562. The Morgan fingerprint density at radius 2 is 0.973 bits per heavy atom. The smallest absolute Gasteiger partial charge is 0.313 e. The van der Waals surface area contributed by atoms with Crippen LogP contribution in [0.25, 0.3) is 11.1 Å². The number of hydrogen-bond donors (Lipinski definition) is 3. The van der Waals surface area contributed by atoms with Gasteiger partial charge in [0.05, 0.1) is 0 Å². The van der Waals surface area contributed by atoms with Crippen molar-refractivity contribution in [1.82, 2.24) is 5.32 Å². The molecule has 5 heteroatoms. The molecule has 0 spiro atoms. The quantitative estimate of drug-likeness (QED) is 0.132. The minimum atomic E-state index is -0.645. The second-order valence-electron chi connectivity index (χ2n) is 10.1. The number of rotatable bonds is 19. The van der Waals surface area contributed by atoms with Gasteiger partial charge in [-0.1, -0.05) is 128 Å². The Hall–Kier alpha value is -2.82. The number of phenols is 1. The van der Waals surface area contributed by atoms with Gasteiger partial charge in [0.2, 0.25) is 0 Å². The lowest BCUT2D eigenvalue weighted by atomic mass is 10.0. The van der Waals surface area contributed by atoms with Crippen LogP contribution in [0.15, 0.2) is 48.5 Å². The number of nitrogens with one attached hydrogen (secondary N) is 2. The molecule has 0 saturated carbocycles. The normalized spacial score (nSPS) is 10.8. The molecular formula is C32H48N2O3. The average molecular weight is 509 g/mol. The van der Waals surface area contributed by atoms with Crippen LogP contribution in [0.3, 0.4) is 0 Å². The molecule has 0 heterocycles. The van der Waals surface area contributed by atoms with E-state index in [0.717, 1.165) is 24.0 Å². The monoisotopic (exact) mass is 508 g/mol. The van der Waals surface area contributed by atoms with Gasteiger partial charge in [0.25, 0.3) is 0 Å². The maximum atomic E-state index is 12.2. The molecule has 0 atom stereocenters. The first-order chi connectivity index (χ1) is 18.1. The van der Waals surface area contributed by atoms with Gasteiger partial charge in [-0.2, -0.15) is 0 Å². The molecule has 3 N–H and O–H groups in total. The molecule has 0 unspecified atom stereocenters. The van der Waals surface area contributed by atoms with Gasteiger partial charge in [0.15, 0.2) is 0 Å². The highest BCUT2D eigenvalue weighted by Crippen LogP contribution is 2.23. The van der Waals surface area contributed by atoms with E-state index in [1.165, 1.54) is 89.9 Å². The van der Waals surface area contributed by atoms with Gasteiger partial charge in [-0.15, -0.1) is 0 Å². The Balaban J connectivity index is 1.43. The molecule has 0 radical (unpaired) electrons. The molecule has 0 fully saturated rings. The summed E-state index contributed by atoms with van der Waals surface area (Å²) in [7, 11) is 0. The summed E-state index contributed by atoms with van der Waals surface area (Å²) in [5.74, 6) is -1.02. The van der Waals surface area contributed by atoms with Crippen LogP contribution in [0.2, 0.25) is 0 Å². The average Bonchev–Trinajstić information content (AvgIpc) is 2.91. The van der Waals surface area contributed by atoms with Crippen LogP contribution in [-0.2, 0) is 9.59 Å². The summed E-state index contributed by atoms with van der Waals surface area (Å²) in [5.41, 5.74) is 2.50. The molecule has 2 rings (SSSR count). The van der Waals surface area contributed by atoms with E-state index < -0.39 is 11.8 Å². The van der Waals surface area contributed by atoms with E-state index in [2.05, 4.69) is 17.6 Å². The van der Waals surface area contributed by atoms with E-state index in [4.69, 9.17) is 0 Å². The number of hydrogen-bond acceptors (Lipinski definition) is 3. The first-order valence-corrected chi connectivity index (χ1v) is 14.6. The third kappa shape index (κ3) is 13.9. The number of anilines is 1. The molecule has 5 nitrogen and oxygen atoms in total. The number of carbonyl (C=O) groups excluding carboxylic acids is 2. The highest BCUT2D eigenvalue weighted by molar-refractivity contribution is 6.39. The van der Waals surface area contributed by atoms with Crippen LogP contribution in [-0.4, -0.2) is 23.5 Å². The summed E-state index contributed by atoms with van der Waals surface area (Å²) in [6.45, 7) is 2.80. The van der Waals surface area contributed by atoms with Crippen molar-refractivity contribution in [2.75, 3.05) is 11.9 Å². The Morgan fingerprint density at radius 1 is 0.568 bits per heavy atom. The summed E-state index contributed by atoms with van der Waals surface area (Å²) in [6, 6.07) is 14.2. The second kappa shape index (κ2) is 19.3. The lowest BCUT2D eigenvalue weighted by molar-refractivity contribution is -0.136. The molecule has 0 aromatic heterocycles. The van der Waals surface area contributed by atoms with E-state index in [-0.39, 0.29) is 5.75 Å². The van der Waals surface area contributed by atoms with Crippen molar-refractivity contribution in [3.63, 3.8) is 0 Å². The molecule has 0 aliphatic carbocycles. The maximum Gasteiger partial charge on any atom is 0.313 e. The van der Waals surface area contributed by atoms with Crippen LogP contribution in [0.4, 0.5) is 5.69 Å². The van der Waals surface area contributed by atoms with Gasteiger partial charge in [0.1, 0.15) is 5.75 Å². The van der Waals surface area contributed by atoms with Gasteiger partial charge >= 0.3 is 11.8 Å². The predicted octanol–water partition coefficient (Wildman–Crippen LogP) is 8.38. The van der Waals surface area contributed by atoms with Gasteiger partial charge in [0, 0.05) is 12.2 Å². The lowest BCUT2D eigenvalue weighted by Gasteiger charge is -2.08. The first-order valence-electron chi connectivity index (χ1n) is 14.6. The fourth-order valence-corrected chi connectivity index (χ4v) is 4.54. The topological polar surface area (TPSA) is 78.4 Å². The summed E-state index contributed by atoms with van der Waals surface area (Å²) in [6.07, 6.45) is 21.0. The van der Waals surface area contributed by atoms with E-state index in [9.17, 15) is 14.7 Å². The van der Waals surface area contributed by atoms with Crippen molar-refractivity contribution in [3.8, 4) is 16.9 Å². The van der Waals surface area contributed by atoms with Gasteiger partial charge in [-0.25, -0.2) is 0 Å². The Morgan fingerprint density at radius 3 is 1.43 bits per heavy atom. The summed E-state index contributed by atoms with van der Waals surface area (Å²) >= 11 is 0. The molecule has 2 amide bonds. The van der Waals surface area contributed by atoms with Crippen LogP contribution >= 0.6 is 0 Å². The summed E-state index contributed by atoms with van der Waals surface area (Å²) in [4.78, 5) is 24.2. The standard InChI is InChI=1S/C32H48N2O3/c1-2-3-4-5-6-7-8-9-10-11-12-13-14-15-16-17-26-33-31(36)32(37)34-29-22-18-27(19-23-29)28-20-24-30(35)25-21-28/h18-25,35H,2-17,26H2,1H3,(H,33,36)(H,34,37). The van der Waals surface area contributed by atoms with E-state index in [1.807, 2.05) is 24.3 Å². The molecule has 0 saturated heterocycles. The van der Waals surface area contributed by atoms with Gasteiger partial charge < -0.3 is 15.7 Å². The number of carbonyl (C=O) groups is 2. The Bertz CT molecular complexity index is 878. The zero-order valence-electron chi connectivity index (χ0n) is 22.9. The second-order valence-corrected chi connectivity index (χ2v) is 10.1. The third-order valence-corrected chi connectivity index (χ3v) is 6.87. The lowest BCUT2D eigenvalue weighted by Crippen LogP contribution is -2.35. The molecule has 2 aromatic carbocycles. The largest absolute Gasteiger partial charge is 0.508 e. The summed E-state index contributed by atoms with van der Waals surface area (Å²) < 4.78 is 0. The van der Waals surface area contributed by atoms with E-state index >= 15 is 0 Å². The summed E-state index contributed by atoms with van der Waals surface area (Å²) in [5, 5.41) is 14.8. The number of aromatic hydroxyl groups is 1. The van der Waals surface area contributed by atoms with Crippen molar-refractivity contribution >= 4 is 17.5 Å². The zero-order chi connectivity index (χ0) is 26.6. The van der Waals surface area contributed by atoms with Crippen molar-refractivity contribution < 1.29 is 14.7 Å². The highest BCUT2D eigenvalue weighted by Gasteiger charge is 2.13. The predicted molar refractivity (Wildman–Crippen MR) is 155 cm³/mol. The first kappa shape index (κ1) is 30.4.